The molecule has 0 saturated heterocycles. The number of carbonyl (C=O) groups excluding carboxylic acids is 1. The Balaban J connectivity index is 3.70. The van der Waals surface area contributed by atoms with Crippen LogP contribution in [-0.4, -0.2) is 35.4 Å². The Morgan fingerprint density at radius 2 is 1.93 bits per heavy atom. The Kier molecular flexibility index (Phi) is 8.33. The van der Waals surface area contributed by atoms with Crippen molar-refractivity contribution in [2.75, 3.05) is 13.2 Å². The summed E-state index contributed by atoms with van der Waals surface area (Å²) in [5, 5.41) is 20.4. The minimum absolute atomic E-state index is 0.0100. The van der Waals surface area contributed by atoms with Gasteiger partial charge < -0.3 is 15.5 Å². The molecule has 0 aromatic heterocycles. The third-order valence-electron chi connectivity index (χ3n) is 2.15. The summed E-state index contributed by atoms with van der Waals surface area (Å²) >= 11 is 0. The van der Waals surface area contributed by atoms with Gasteiger partial charge in [-0.25, -0.2) is 0 Å². The van der Waals surface area contributed by atoms with E-state index >= 15 is 0 Å². The standard InChI is InChI=1S/C11H23NO3/c1-9(2)7-10(8-14)12-11(15)5-3-4-6-13/h9-10,13-14H,3-8H2,1-2H3,(H,12,15). The molecule has 0 saturated carbocycles. The molecule has 1 amide bonds. The lowest BCUT2D eigenvalue weighted by Crippen LogP contribution is -2.38. The molecular weight excluding hydrogens is 194 g/mol. The SMILES string of the molecule is CC(C)CC(CO)NC(=O)CCCCO. The predicted molar refractivity (Wildman–Crippen MR) is 59.4 cm³/mol. The first-order chi connectivity index (χ1) is 7.10. The second-order valence-corrected chi connectivity index (χ2v) is 4.26. The van der Waals surface area contributed by atoms with Gasteiger partial charge in [0.2, 0.25) is 5.91 Å². The fraction of sp³-hybridized carbons (Fsp3) is 0.909. The van der Waals surface area contributed by atoms with Gasteiger partial charge in [0.05, 0.1) is 12.6 Å². The van der Waals surface area contributed by atoms with E-state index in [0.717, 1.165) is 6.42 Å². The minimum Gasteiger partial charge on any atom is -0.396 e. The number of carbonyl (C=O) groups is 1. The number of nitrogens with one attached hydrogen (secondary N) is 1. The molecule has 0 aliphatic carbocycles. The smallest absolute Gasteiger partial charge is 0.220 e. The van der Waals surface area contributed by atoms with Gasteiger partial charge in [-0.3, -0.25) is 4.79 Å². The third kappa shape index (κ3) is 8.39. The zero-order chi connectivity index (χ0) is 11.7. The second-order valence-electron chi connectivity index (χ2n) is 4.26. The van der Waals surface area contributed by atoms with E-state index in [1.165, 1.54) is 0 Å². The van der Waals surface area contributed by atoms with Gasteiger partial charge in [0.25, 0.3) is 0 Å². The van der Waals surface area contributed by atoms with E-state index in [1.54, 1.807) is 0 Å². The lowest BCUT2D eigenvalue weighted by atomic mass is 10.0. The number of hydrogen-bond acceptors (Lipinski definition) is 3. The molecule has 0 rings (SSSR count). The first-order valence-corrected chi connectivity index (χ1v) is 5.61. The first-order valence-electron chi connectivity index (χ1n) is 5.61. The molecule has 0 bridgehead atoms. The maximum atomic E-state index is 11.4. The predicted octanol–water partition coefficient (Wildman–Crippen LogP) is 0.672. The van der Waals surface area contributed by atoms with E-state index in [-0.39, 0.29) is 25.2 Å². The van der Waals surface area contributed by atoms with Gasteiger partial charge in [-0.2, -0.15) is 0 Å². The van der Waals surface area contributed by atoms with Crippen molar-refractivity contribution in [3.8, 4) is 0 Å². The average Bonchev–Trinajstić information content (AvgIpc) is 2.16. The maximum Gasteiger partial charge on any atom is 0.220 e. The van der Waals surface area contributed by atoms with Crippen molar-refractivity contribution in [3.63, 3.8) is 0 Å². The van der Waals surface area contributed by atoms with Crippen LogP contribution in [0.5, 0.6) is 0 Å². The van der Waals surface area contributed by atoms with Crippen molar-refractivity contribution < 1.29 is 15.0 Å². The number of unbranched alkanes of at least 4 members (excludes halogenated alkanes) is 1. The Morgan fingerprint density at radius 3 is 2.40 bits per heavy atom. The lowest BCUT2D eigenvalue weighted by molar-refractivity contribution is -0.122. The highest BCUT2D eigenvalue weighted by Gasteiger charge is 2.12. The molecule has 90 valence electrons. The largest absolute Gasteiger partial charge is 0.396 e. The van der Waals surface area contributed by atoms with Crippen LogP contribution in [0.1, 0.15) is 39.5 Å². The van der Waals surface area contributed by atoms with Gasteiger partial charge in [-0.05, 0) is 25.2 Å². The quantitative estimate of drug-likeness (QED) is 0.523. The fourth-order valence-corrected chi connectivity index (χ4v) is 1.45. The van der Waals surface area contributed by atoms with E-state index in [2.05, 4.69) is 19.2 Å². The molecule has 0 aromatic rings. The van der Waals surface area contributed by atoms with Gasteiger partial charge >= 0.3 is 0 Å². The summed E-state index contributed by atoms with van der Waals surface area (Å²) in [7, 11) is 0. The van der Waals surface area contributed by atoms with Crippen LogP contribution >= 0.6 is 0 Å². The van der Waals surface area contributed by atoms with Crippen molar-refractivity contribution in [2.45, 2.75) is 45.6 Å². The van der Waals surface area contributed by atoms with E-state index in [1.807, 2.05) is 0 Å². The van der Waals surface area contributed by atoms with Gasteiger partial charge in [-0.1, -0.05) is 13.8 Å². The molecule has 0 radical (unpaired) electrons. The number of aliphatic hydroxyl groups is 2. The third-order valence-corrected chi connectivity index (χ3v) is 2.15. The zero-order valence-corrected chi connectivity index (χ0v) is 9.70. The van der Waals surface area contributed by atoms with Crippen LogP contribution < -0.4 is 5.32 Å². The van der Waals surface area contributed by atoms with Crippen molar-refractivity contribution in [1.29, 1.82) is 0 Å². The molecular formula is C11H23NO3. The Bertz CT molecular complexity index is 171. The second kappa shape index (κ2) is 8.68. The van der Waals surface area contributed by atoms with Crippen LogP contribution in [0.4, 0.5) is 0 Å². The Morgan fingerprint density at radius 1 is 1.27 bits per heavy atom. The monoisotopic (exact) mass is 217 g/mol. The molecule has 0 aliphatic rings. The summed E-state index contributed by atoms with van der Waals surface area (Å²) in [5.41, 5.74) is 0. The number of aliphatic hydroxyl groups excluding tert-OH is 2. The van der Waals surface area contributed by atoms with Crippen LogP contribution in [0.2, 0.25) is 0 Å². The molecule has 4 heteroatoms. The number of rotatable bonds is 8. The van der Waals surface area contributed by atoms with Crippen molar-refractivity contribution >= 4 is 5.91 Å². The van der Waals surface area contributed by atoms with E-state index < -0.39 is 0 Å². The maximum absolute atomic E-state index is 11.4. The summed E-state index contributed by atoms with van der Waals surface area (Å²) in [6.07, 6.45) is 2.57. The molecule has 1 unspecified atom stereocenters. The molecule has 0 spiro atoms. The highest BCUT2D eigenvalue weighted by molar-refractivity contribution is 5.76. The zero-order valence-electron chi connectivity index (χ0n) is 9.70. The number of amides is 1. The molecule has 0 fully saturated rings. The molecule has 0 aromatic carbocycles. The van der Waals surface area contributed by atoms with E-state index in [0.29, 0.717) is 25.2 Å². The van der Waals surface area contributed by atoms with Crippen molar-refractivity contribution in [3.05, 3.63) is 0 Å². The first kappa shape index (κ1) is 14.4. The summed E-state index contributed by atoms with van der Waals surface area (Å²) < 4.78 is 0. The fourth-order valence-electron chi connectivity index (χ4n) is 1.45. The van der Waals surface area contributed by atoms with E-state index in [9.17, 15) is 4.79 Å². The highest BCUT2D eigenvalue weighted by Crippen LogP contribution is 2.04. The molecule has 3 N–H and O–H groups in total. The summed E-state index contributed by atoms with van der Waals surface area (Å²) in [5.74, 6) is 0.419. The summed E-state index contributed by atoms with van der Waals surface area (Å²) in [6.45, 7) is 4.23. The molecule has 1 atom stereocenters. The Hall–Kier alpha value is -0.610. The van der Waals surface area contributed by atoms with Crippen LogP contribution in [0, 0.1) is 5.92 Å². The molecule has 15 heavy (non-hydrogen) atoms. The summed E-state index contributed by atoms with van der Waals surface area (Å²) in [4.78, 5) is 11.4. The molecule has 4 nitrogen and oxygen atoms in total. The molecule has 0 heterocycles. The van der Waals surface area contributed by atoms with Gasteiger partial charge in [0.1, 0.15) is 0 Å². The Labute approximate surface area is 91.7 Å². The van der Waals surface area contributed by atoms with Gasteiger partial charge in [-0.15, -0.1) is 0 Å². The van der Waals surface area contributed by atoms with Crippen LogP contribution in [-0.2, 0) is 4.79 Å². The summed E-state index contributed by atoms with van der Waals surface area (Å²) in [6, 6.07) is -0.133. The van der Waals surface area contributed by atoms with Crippen LogP contribution in [0.25, 0.3) is 0 Å². The molecule has 0 aliphatic heterocycles. The van der Waals surface area contributed by atoms with Crippen molar-refractivity contribution in [1.82, 2.24) is 5.32 Å². The highest BCUT2D eigenvalue weighted by atomic mass is 16.3. The minimum atomic E-state index is -0.133. The average molecular weight is 217 g/mol. The topological polar surface area (TPSA) is 69.6 Å². The van der Waals surface area contributed by atoms with Gasteiger partial charge in [0.15, 0.2) is 0 Å². The number of hydrogen-bond donors (Lipinski definition) is 3. The van der Waals surface area contributed by atoms with Crippen LogP contribution in [0.3, 0.4) is 0 Å². The van der Waals surface area contributed by atoms with Gasteiger partial charge in [0, 0.05) is 13.0 Å². The van der Waals surface area contributed by atoms with Crippen LogP contribution in [0.15, 0.2) is 0 Å². The lowest BCUT2D eigenvalue weighted by Gasteiger charge is -2.18. The van der Waals surface area contributed by atoms with E-state index in [4.69, 9.17) is 10.2 Å². The van der Waals surface area contributed by atoms with Crippen molar-refractivity contribution in [2.24, 2.45) is 5.92 Å². The normalized spacial score (nSPS) is 12.9.